The van der Waals surface area contributed by atoms with E-state index in [2.05, 4.69) is 10.6 Å². The molecule has 0 spiro atoms. The van der Waals surface area contributed by atoms with E-state index >= 15 is 0 Å². The first-order valence-corrected chi connectivity index (χ1v) is 7.49. The highest BCUT2D eigenvalue weighted by molar-refractivity contribution is 8.00. The third-order valence-corrected chi connectivity index (χ3v) is 3.83. The molecule has 2 rings (SSSR count). The number of ether oxygens (including phenoxy) is 1. The van der Waals surface area contributed by atoms with Crippen molar-refractivity contribution in [1.82, 2.24) is 10.6 Å². The molecular formula is C14H18N2O3S. The summed E-state index contributed by atoms with van der Waals surface area (Å²) in [6.45, 7) is 0.0541. The first-order valence-electron chi connectivity index (χ1n) is 6.50. The van der Waals surface area contributed by atoms with Gasteiger partial charge in [0, 0.05) is 10.9 Å². The fraction of sp³-hybridized carbons (Fsp3) is 0.429. The molecular weight excluding hydrogens is 276 g/mol. The summed E-state index contributed by atoms with van der Waals surface area (Å²) >= 11 is 1.43. The summed E-state index contributed by atoms with van der Waals surface area (Å²) in [5.74, 6) is 0.825. The van der Waals surface area contributed by atoms with Gasteiger partial charge in [-0.3, -0.25) is 9.59 Å². The van der Waals surface area contributed by atoms with Crippen LogP contribution in [0.1, 0.15) is 12.8 Å². The standard InChI is InChI=1S/C14H18N2O3S/c1-19-11-4-6-12(7-5-11)20-9-14(18)15-8-13(17)16-10-2-3-10/h4-7,10H,2-3,8-9H2,1H3,(H,15,18)(H,16,17). The van der Waals surface area contributed by atoms with Crippen molar-refractivity contribution in [3.05, 3.63) is 24.3 Å². The van der Waals surface area contributed by atoms with Crippen LogP contribution in [0.5, 0.6) is 5.75 Å². The predicted molar refractivity (Wildman–Crippen MR) is 77.9 cm³/mol. The number of carbonyl (C=O) groups excluding carboxylic acids is 2. The van der Waals surface area contributed by atoms with Gasteiger partial charge in [0.1, 0.15) is 5.75 Å². The number of hydrogen-bond donors (Lipinski definition) is 2. The Morgan fingerprint density at radius 1 is 1.25 bits per heavy atom. The third kappa shape index (κ3) is 5.13. The molecule has 0 atom stereocenters. The minimum atomic E-state index is -0.142. The Morgan fingerprint density at radius 2 is 1.95 bits per heavy atom. The monoisotopic (exact) mass is 294 g/mol. The number of rotatable bonds is 7. The van der Waals surface area contributed by atoms with Gasteiger partial charge in [0.2, 0.25) is 11.8 Å². The largest absolute Gasteiger partial charge is 0.497 e. The summed E-state index contributed by atoms with van der Waals surface area (Å²) in [5, 5.41) is 5.43. The Hall–Kier alpha value is -1.69. The average Bonchev–Trinajstić information content (AvgIpc) is 3.27. The van der Waals surface area contributed by atoms with Crippen molar-refractivity contribution < 1.29 is 14.3 Å². The van der Waals surface area contributed by atoms with Crippen molar-refractivity contribution in [2.45, 2.75) is 23.8 Å². The van der Waals surface area contributed by atoms with E-state index in [0.717, 1.165) is 23.5 Å². The predicted octanol–water partition coefficient (Wildman–Crippen LogP) is 1.18. The van der Waals surface area contributed by atoms with Gasteiger partial charge in [-0.1, -0.05) is 0 Å². The van der Waals surface area contributed by atoms with E-state index in [9.17, 15) is 9.59 Å². The van der Waals surface area contributed by atoms with Crippen LogP contribution >= 0.6 is 11.8 Å². The van der Waals surface area contributed by atoms with E-state index < -0.39 is 0 Å². The average molecular weight is 294 g/mol. The lowest BCUT2D eigenvalue weighted by molar-refractivity contribution is -0.124. The summed E-state index contributed by atoms with van der Waals surface area (Å²) in [5.41, 5.74) is 0. The van der Waals surface area contributed by atoms with E-state index in [1.165, 1.54) is 11.8 Å². The van der Waals surface area contributed by atoms with Crippen LogP contribution in [0.15, 0.2) is 29.2 Å². The quantitative estimate of drug-likeness (QED) is 0.741. The first kappa shape index (κ1) is 14.7. The minimum absolute atomic E-state index is 0.0541. The molecule has 2 amide bonds. The summed E-state index contributed by atoms with van der Waals surface area (Å²) in [6.07, 6.45) is 2.10. The highest BCUT2D eigenvalue weighted by Gasteiger charge is 2.23. The zero-order valence-corrected chi connectivity index (χ0v) is 12.2. The molecule has 2 N–H and O–H groups in total. The zero-order valence-electron chi connectivity index (χ0n) is 11.3. The topological polar surface area (TPSA) is 67.4 Å². The summed E-state index contributed by atoms with van der Waals surface area (Å²) in [6, 6.07) is 7.83. The van der Waals surface area contributed by atoms with Crippen LogP contribution in [-0.4, -0.2) is 37.3 Å². The van der Waals surface area contributed by atoms with Gasteiger partial charge in [-0.05, 0) is 37.1 Å². The zero-order chi connectivity index (χ0) is 14.4. The Balaban J connectivity index is 1.64. The molecule has 1 aromatic carbocycles. The number of methoxy groups -OCH3 is 1. The van der Waals surface area contributed by atoms with Crippen LogP contribution in [-0.2, 0) is 9.59 Å². The van der Waals surface area contributed by atoms with Crippen LogP contribution in [0.3, 0.4) is 0 Å². The minimum Gasteiger partial charge on any atom is -0.497 e. The summed E-state index contributed by atoms with van der Waals surface area (Å²) in [4.78, 5) is 24.0. The van der Waals surface area contributed by atoms with Crippen molar-refractivity contribution in [3.63, 3.8) is 0 Å². The maximum atomic E-state index is 11.6. The lowest BCUT2D eigenvalue weighted by Gasteiger charge is -2.06. The van der Waals surface area contributed by atoms with Gasteiger partial charge in [-0.25, -0.2) is 0 Å². The van der Waals surface area contributed by atoms with E-state index in [-0.39, 0.29) is 18.4 Å². The summed E-state index contributed by atoms with van der Waals surface area (Å²) in [7, 11) is 1.61. The molecule has 1 aromatic rings. The van der Waals surface area contributed by atoms with E-state index in [0.29, 0.717) is 11.8 Å². The van der Waals surface area contributed by atoms with Crippen molar-refractivity contribution >= 4 is 23.6 Å². The Bertz CT molecular complexity index is 472. The van der Waals surface area contributed by atoms with E-state index in [1.807, 2.05) is 24.3 Å². The van der Waals surface area contributed by atoms with Crippen LogP contribution in [0.2, 0.25) is 0 Å². The molecule has 108 valence electrons. The Labute approximate surface area is 122 Å². The lowest BCUT2D eigenvalue weighted by atomic mass is 10.3. The number of benzene rings is 1. The second-order valence-electron chi connectivity index (χ2n) is 4.58. The number of amides is 2. The van der Waals surface area contributed by atoms with Gasteiger partial charge in [0.15, 0.2) is 0 Å². The molecule has 1 aliphatic rings. The molecule has 0 radical (unpaired) electrons. The van der Waals surface area contributed by atoms with Crippen LogP contribution in [0, 0.1) is 0 Å². The highest BCUT2D eigenvalue weighted by Crippen LogP contribution is 2.21. The molecule has 1 fully saturated rings. The molecule has 1 aliphatic carbocycles. The van der Waals surface area contributed by atoms with Gasteiger partial charge >= 0.3 is 0 Å². The smallest absolute Gasteiger partial charge is 0.239 e. The maximum absolute atomic E-state index is 11.6. The Morgan fingerprint density at radius 3 is 2.55 bits per heavy atom. The molecule has 0 saturated heterocycles. The normalized spacial score (nSPS) is 13.7. The molecule has 0 unspecified atom stereocenters. The molecule has 0 bridgehead atoms. The number of thioether (sulfide) groups is 1. The van der Waals surface area contributed by atoms with Gasteiger partial charge < -0.3 is 15.4 Å². The number of carbonyl (C=O) groups is 2. The molecule has 5 nitrogen and oxygen atoms in total. The fourth-order valence-corrected chi connectivity index (χ4v) is 2.29. The molecule has 0 aromatic heterocycles. The van der Waals surface area contributed by atoms with Gasteiger partial charge in [0.25, 0.3) is 0 Å². The fourth-order valence-electron chi connectivity index (χ4n) is 1.56. The lowest BCUT2D eigenvalue weighted by Crippen LogP contribution is -2.38. The number of hydrogen-bond acceptors (Lipinski definition) is 4. The second kappa shape index (κ2) is 7.19. The second-order valence-corrected chi connectivity index (χ2v) is 5.63. The molecule has 6 heteroatoms. The third-order valence-electron chi connectivity index (χ3n) is 2.82. The van der Waals surface area contributed by atoms with E-state index in [1.54, 1.807) is 7.11 Å². The number of nitrogens with one attached hydrogen (secondary N) is 2. The molecule has 0 heterocycles. The van der Waals surface area contributed by atoms with E-state index in [4.69, 9.17) is 4.74 Å². The SMILES string of the molecule is COc1ccc(SCC(=O)NCC(=O)NC2CC2)cc1. The first-order chi connectivity index (χ1) is 9.67. The highest BCUT2D eigenvalue weighted by atomic mass is 32.2. The van der Waals surface area contributed by atoms with Gasteiger partial charge in [-0.15, -0.1) is 11.8 Å². The van der Waals surface area contributed by atoms with Crippen LogP contribution < -0.4 is 15.4 Å². The van der Waals surface area contributed by atoms with Crippen molar-refractivity contribution in [2.24, 2.45) is 0 Å². The van der Waals surface area contributed by atoms with Crippen LogP contribution in [0.4, 0.5) is 0 Å². The van der Waals surface area contributed by atoms with Crippen molar-refractivity contribution in [1.29, 1.82) is 0 Å². The van der Waals surface area contributed by atoms with Gasteiger partial charge in [-0.2, -0.15) is 0 Å². The van der Waals surface area contributed by atoms with Crippen LogP contribution in [0.25, 0.3) is 0 Å². The van der Waals surface area contributed by atoms with Crippen molar-refractivity contribution in [2.75, 3.05) is 19.4 Å². The maximum Gasteiger partial charge on any atom is 0.239 e. The summed E-state index contributed by atoms with van der Waals surface area (Å²) < 4.78 is 5.06. The molecule has 1 saturated carbocycles. The van der Waals surface area contributed by atoms with Gasteiger partial charge in [0.05, 0.1) is 19.4 Å². The van der Waals surface area contributed by atoms with Crippen molar-refractivity contribution in [3.8, 4) is 5.75 Å². The molecule has 0 aliphatic heterocycles. The molecule has 20 heavy (non-hydrogen) atoms. The Kier molecular flexibility index (Phi) is 5.29.